The van der Waals surface area contributed by atoms with Crippen LogP contribution < -0.4 is 0 Å². The summed E-state index contributed by atoms with van der Waals surface area (Å²) < 4.78 is 28.1. The summed E-state index contributed by atoms with van der Waals surface area (Å²) in [7, 11) is -0.720. The van der Waals surface area contributed by atoms with Crippen molar-refractivity contribution in [3.8, 4) is 0 Å². The first-order valence-electron chi connectivity index (χ1n) is 2.86. The van der Waals surface area contributed by atoms with Crippen LogP contribution in [0.2, 0.25) is 0 Å². The van der Waals surface area contributed by atoms with Crippen LogP contribution >= 0.6 is 21.7 Å². The molecule has 0 aromatic heterocycles. The van der Waals surface area contributed by atoms with Crippen LogP contribution in [0.1, 0.15) is 0 Å². The minimum atomic E-state index is -3.60. The van der Waals surface area contributed by atoms with Crippen LogP contribution in [0.15, 0.2) is 0 Å². The summed E-state index contributed by atoms with van der Waals surface area (Å²) in [5, 5.41) is 0. The monoisotopic (exact) mass is 301 g/mol. The van der Waals surface area contributed by atoms with E-state index in [-0.39, 0.29) is 0 Å². The summed E-state index contributed by atoms with van der Waals surface area (Å²) in [6.45, 7) is -7.19. The first-order chi connectivity index (χ1) is 6.22. The fourth-order valence-electron chi connectivity index (χ4n) is 0.250. The van der Waals surface area contributed by atoms with Crippen LogP contribution in [0.4, 0.5) is 0 Å². The lowest BCUT2D eigenvalue weighted by atomic mass is 11.8. The fourth-order valence-corrected chi connectivity index (χ4v) is 3.50. The van der Waals surface area contributed by atoms with Gasteiger partial charge in [-0.3, -0.25) is 0 Å². The maximum absolute atomic E-state index is 10.9. The average Bonchev–Trinajstić information content (AvgIpc) is 2.02. The van der Waals surface area contributed by atoms with Crippen molar-refractivity contribution in [1.29, 1.82) is 0 Å². The maximum atomic E-state index is 10.9. The second kappa shape index (κ2) is 6.03. The van der Waals surface area contributed by atoms with Gasteiger partial charge in [0.1, 0.15) is 0 Å². The molecule has 0 aromatic rings. The van der Waals surface area contributed by atoms with Crippen LogP contribution in [-0.4, -0.2) is 24.0 Å². The van der Waals surface area contributed by atoms with Gasteiger partial charge in [-0.1, -0.05) is 0 Å². The Balaban J connectivity index is 4.26. The predicted molar refractivity (Wildman–Crippen MR) is 56.8 cm³/mol. The molecule has 0 aliphatic heterocycles. The summed E-state index contributed by atoms with van der Waals surface area (Å²) in [6.07, 6.45) is 0. The Hall–Kier alpha value is 1.16. The van der Waals surface area contributed by atoms with Gasteiger partial charge in [0.15, 0.2) is 0 Å². The van der Waals surface area contributed by atoms with Crippen molar-refractivity contribution in [3.63, 3.8) is 0 Å². The van der Waals surface area contributed by atoms with Crippen molar-refractivity contribution in [3.05, 3.63) is 0 Å². The summed E-state index contributed by atoms with van der Waals surface area (Å²) in [5.74, 6) is 0. The van der Waals surface area contributed by atoms with Crippen molar-refractivity contribution in [2.45, 2.75) is 0 Å². The summed E-state index contributed by atoms with van der Waals surface area (Å²) in [6, 6.07) is 0. The van der Waals surface area contributed by atoms with E-state index in [0.717, 1.165) is 14.2 Å². The van der Waals surface area contributed by atoms with Crippen LogP contribution in [-0.2, 0) is 45.8 Å². The highest BCUT2D eigenvalue weighted by molar-refractivity contribution is 8.09. The minimum absolute atomic E-state index is 1.08. The van der Waals surface area contributed by atoms with Gasteiger partial charge in [-0.15, -0.1) is 0 Å². The fraction of sp³-hybridized carbons (Fsp3) is 1.00. The highest BCUT2D eigenvalue weighted by Crippen LogP contribution is 2.59. The van der Waals surface area contributed by atoms with Crippen LogP contribution in [0.5, 0.6) is 0 Å². The minimum Gasteiger partial charge on any atom is -0.322 e. The largest absolute Gasteiger partial charge is 0.715 e. The maximum Gasteiger partial charge on any atom is 0.715 e. The predicted octanol–water partition coefficient (Wildman–Crippen LogP) is 1.40. The molecule has 0 saturated heterocycles. The van der Waals surface area contributed by atoms with Crippen LogP contribution in [0, 0.1) is 0 Å². The molecular formula is C2H8O7P3S2+. The normalized spacial score (nSPS) is 21.0. The van der Waals surface area contributed by atoms with Crippen molar-refractivity contribution in [2.24, 2.45) is 0 Å². The summed E-state index contributed by atoms with van der Waals surface area (Å²) in [5.41, 5.74) is 0. The molecule has 14 heavy (non-hydrogen) atoms. The third kappa shape index (κ3) is 6.61. The van der Waals surface area contributed by atoms with E-state index in [1.165, 1.54) is 0 Å². The highest BCUT2D eigenvalue weighted by atomic mass is 32.5. The Bertz CT molecular complexity index is 275. The van der Waals surface area contributed by atoms with E-state index in [2.05, 4.69) is 41.3 Å². The molecule has 7 nitrogen and oxygen atoms in total. The third-order valence-corrected chi connectivity index (χ3v) is 6.54. The lowest BCUT2D eigenvalue weighted by molar-refractivity contribution is 0.280. The van der Waals surface area contributed by atoms with E-state index in [9.17, 15) is 4.57 Å². The van der Waals surface area contributed by atoms with Gasteiger partial charge < -0.3 is 18.8 Å². The van der Waals surface area contributed by atoms with Gasteiger partial charge in [-0.25, -0.2) is 0 Å². The molecule has 0 rings (SSSR count). The summed E-state index contributed by atoms with van der Waals surface area (Å²) >= 11 is 8.72. The molecule has 0 amide bonds. The quantitative estimate of drug-likeness (QED) is 0.706. The molecule has 0 bridgehead atoms. The van der Waals surface area contributed by atoms with E-state index in [1.807, 2.05) is 0 Å². The molecule has 0 aromatic carbocycles. The molecular weight excluding hydrogens is 293 g/mol. The lowest BCUT2D eigenvalue weighted by Crippen LogP contribution is -1.87. The second-order valence-electron chi connectivity index (χ2n) is 1.69. The average molecular weight is 301 g/mol. The van der Waals surface area contributed by atoms with Gasteiger partial charge in [-0.2, -0.15) is 0 Å². The van der Waals surface area contributed by atoms with Crippen molar-refractivity contribution < 1.29 is 32.0 Å². The van der Waals surface area contributed by atoms with Gasteiger partial charge in [0.2, 0.25) is 0 Å². The van der Waals surface area contributed by atoms with E-state index in [1.54, 1.807) is 0 Å². The van der Waals surface area contributed by atoms with Crippen LogP contribution in [0.3, 0.4) is 0 Å². The number of hydrogen-bond acceptors (Lipinski definition) is 7. The Labute approximate surface area is 91.8 Å². The van der Waals surface area contributed by atoms with Gasteiger partial charge in [0.25, 0.3) is 0 Å². The zero-order valence-electron chi connectivity index (χ0n) is 7.09. The smallest absolute Gasteiger partial charge is 0.322 e. The van der Waals surface area contributed by atoms with E-state index >= 15 is 0 Å². The molecule has 12 heteroatoms. The second-order valence-corrected chi connectivity index (χ2v) is 8.82. The lowest BCUT2D eigenvalue weighted by Gasteiger charge is -2.05. The molecule has 0 spiro atoms. The molecule has 0 saturated carbocycles. The molecule has 84 valence electrons. The highest BCUT2D eigenvalue weighted by Gasteiger charge is 2.38. The van der Waals surface area contributed by atoms with Crippen LogP contribution in [0.25, 0.3) is 0 Å². The number of hydrogen-bond donors (Lipinski definition) is 2. The molecule has 2 unspecified atom stereocenters. The Morgan fingerprint density at radius 1 is 1.07 bits per heavy atom. The first kappa shape index (κ1) is 15.2. The first-order valence-corrected chi connectivity index (χ1v) is 9.14. The third-order valence-electron chi connectivity index (χ3n) is 0.801. The van der Waals surface area contributed by atoms with E-state index in [4.69, 9.17) is 9.79 Å². The Kier molecular flexibility index (Phi) is 6.53. The molecule has 0 aliphatic carbocycles. The molecule has 0 heterocycles. The molecule has 0 aliphatic rings. The van der Waals surface area contributed by atoms with E-state index < -0.39 is 21.7 Å². The molecule has 0 radical (unpaired) electrons. The Morgan fingerprint density at radius 3 is 1.57 bits per heavy atom. The summed E-state index contributed by atoms with van der Waals surface area (Å²) in [4.78, 5) is 18.1. The van der Waals surface area contributed by atoms with Crippen molar-refractivity contribution in [2.75, 3.05) is 14.2 Å². The van der Waals surface area contributed by atoms with Gasteiger partial charge in [-0.05, 0) is 32.2 Å². The van der Waals surface area contributed by atoms with Crippen molar-refractivity contribution >= 4 is 45.3 Å². The molecule has 0 fully saturated rings. The molecule has 2 N–H and O–H groups in total. The van der Waals surface area contributed by atoms with E-state index in [0.29, 0.717) is 0 Å². The van der Waals surface area contributed by atoms with Gasteiger partial charge >= 0.3 is 21.7 Å². The van der Waals surface area contributed by atoms with Gasteiger partial charge in [0, 0.05) is 18.8 Å². The standard InChI is InChI=1S/C2H7O7P3S2/c1-6-11(4,13)8-10(3)9-12(5,14)7-2/h1-2H3,(H-,4,5,13,14)/p+1. The SMILES string of the molecule is COP(O)(=S)O[P+](=O)OP(O)(=S)OC. The zero-order valence-corrected chi connectivity index (χ0v) is 11.4. The van der Waals surface area contributed by atoms with Crippen molar-refractivity contribution in [1.82, 2.24) is 0 Å². The van der Waals surface area contributed by atoms with Gasteiger partial charge in [0.05, 0.1) is 0 Å². The molecule has 2 atom stereocenters. The topological polar surface area (TPSA) is 94.5 Å². The Morgan fingerprint density at radius 2 is 1.36 bits per heavy atom. The number of rotatable bonds is 6. The zero-order chi connectivity index (χ0) is 11.4.